The zero-order valence-corrected chi connectivity index (χ0v) is 20.9. The zero-order valence-electron chi connectivity index (χ0n) is 20.9. The number of amides is 1. The van der Waals surface area contributed by atoms with Gasteiger partial charge in [0.1, 0.15) is 5.82 Å². The van der Waals surface area contributed by atoms with E-state index in [0.29, 0.717) is 13.1 Å². The third-order valence-electron chi connectivity index (χ3n) is 6.45. The molecule has 4 aromatic rings. The normalized spacial score (nSPS) is 13.9. The van der Waals surface area contributed by atoms with Crippen molar-refractivity contribution in [2.24, 2.45) is 0 Å². The van der Waals surface area contributed by atoms with Crippen LogP contribution in [0.2, 0.25) is 0 Å². The number of hydrogen-bond donors (Lipinski definition) is 2. The summed E-state index contributed by atoms with van der Waals surface area (Å²) in [5.41, 5.74) is -0.166. The molecule has 1 fully saturated rings. The van der Waals surface area contributed by atoms with Crippen LogP contribution in [0.1, 0.15) is 0 Å². The van der Waals surface area contributed by atoms with E-state index in [-0.39, 0.29) is 39.7 Å². The first-order chi connectivity index (χ1) is 18.7. The van der Waals surface area contributed by atoms with Crippen molar-refractivity contribution in [3.8, 4) is 5.69 Å². The molecule has 200 valence electrons. The van der Waals surface area contributed by atoms with Gasteiger partial charge < -0.3 is 20.4 Å². The second kappa shape index (κ2) is 10.6. The summed E-state index contributed by atoms with van der Waals surface area (Å²) in [5.74, 6) is -3.37. The van der Waals surface area contributed by atoms with Crippen molar-refractivity contribution < 1.29 is 18.0 Å². The van der Waals surface area contributed by atoms with E-state index in [1.165, 1.54) is 47.3 Å². The SMILES string of the molecule is C=CC(=O)Nc1ccc(F)c(-n2ccc(=O)c3cnc(Nc4ccc(N5CCN(C)CC5)c(F)c4F)nc32)c1. The van der Waals surface area contributed by atoms with Crippen LogP contribution in [0.5, 0.6) is 0 Å². The van der Waals surface area contributed by atoms with Gasteiger partial charge in [0.15, 0.2) is 22.7 Å². The number of benzene rings is 2. The van der Waals surface area contributed by atoms with Crippen molar-refractivity contribution in [3.05, 3.63) is 89.1 Å². The molecular weight excluding hydrogens is 511 g/mol. The molecule has 0 atom stereocenters. The molecule has 39 heavy (non-hydrogen) atoms. The van der Waals surface area contributed by atoms with E-state index in [1.54, 1.807) is 4.90 Å². The molecule has 3 heterocycles. The van der Waals surface area contributed by atoms with Gasteiger partial charge in [-0.3, -0.25) is 14.2 Å². The Labute approximate surface area is 221 Å². The number of rotatable bonds is 6. The number of aromatic nitrogens is 3. The Bertz CT molecular complexity index is 1650. The van der Waals surface area contributed by atoms with Gasteiger partial charge in [0.25, 0.3) is 0 Å². The van der Waals surface area contributed by atoms with E-state index >= 15 is 8.78 Å². The lowest BCUT2D eigenvalue weighted by Gasteiger charge is -2.34. The highest BCUT2D eigenvalue weighted by molar-refractivity contribution is 5.99. The number of carbonyl (C=O) groups excluding carboxylic acids is 1. The summed E-state index contributed by atoms with van der Waals surface area (Å²) in [4.78, 5) is 36.5. The second-order valence-corrected chi connectivity index (χ2v) is 9.02. The van der Waals surface area contributed by atoms with E-state index in [4.69, 9.17) is 0 Å². The van der Waals surface area contributed by atoms with Crippen LogP contribution in [0.3, 0.4) is 0 Å². The number of carbonyl (C=O) groups is 1. The number of hydrogen-bond acceptors (Lipinski definition) is 7. The zero-order chi connectivity index (χ0) is 27.7. The first-order valence-corrected chi connectivity index (χ1v) is 12.1. The lowest BCUT2D eigenvalue weighted by Crippen LogP contribution is -2.44. The smallest absolute Gasteiger partial charge is 0.247 e. The molecular formula is C27H24F3N7O2. The number of nitrogens with one attached hydrogen (secondary N) is 2. The minimum atomic E-state index is -1.10. The highest BCUT2D eigenvalue weighted by Crippen LogP contribution is 2.29. The van der Waals surface area contributed by atoms with Gasteiger partial charge in [-0.05, 0) is 43.5 Å². The van der Waals surface area contributed by atoms with Gasteiger partial charge in [0.05, 0.1) is 22.4 Å². The van der Waals surface area contributed by atoms with Crippen LogP contribution in [0, 0.1) is 17.5 Å². The fourth-order valence-corrected chi connectivity index (χ4v) is 4.30. The standard InChI is InChI=1S/C27H24F3N7O2/c1-3-23(39)32-16-4-5-18(28)21(14-16)37-9-8-22(38)17-15-31-27(34-26(17)37)33-19-6-7-20(25(30)24(19)29)36-12-10-35(2)11-13-36/h3-9,14-15H,1,10-13H2,2H3,(H,32,39)(H,31,33,34). The highest BCUT2D eigenvalue weighted by Gasteiger charge is 2.22. The summed E-state index contributed by atoms with van der Waals surface area (Å²) in [5, 5.41) is 5.28. The molecule has 0 unspecified atom stereocenters. The molecule has 9 nitrogen and oxygen atoms in total. The maximum absolute atomic E-state index is 15.1. The van der Waals surface area contributed by atoms with E-state index < -0.39 is 28.8 Å². The van der Waals surface area contributed by atoms with Gasteiger partial charge in [-0.25, -0.2) is 18.2 Å². The number of halogens is 3. The van der Waals surface area contributed by atoms with Crippen LogP contribution in [-0.2, 0) is 4.79 Å². The summed E-state index contributed by atoms with van der Waals surface area (Å²) >= 11 is 0. The van der Waals surface area contributed by atoms with Crippen molar-refractivity contribution in [1.82, 2.24) is 19.4 Å². The lowest BCUT2D eigenvalue weighted by atomic mass is 10.2. The molecule has 1 amide bonds. The average molecular weight is 536 g/mol. The van der Waals surface area contributed by atoms with E-state index in [1.807, 2.05) is 7.05 Å². The minimum absolute atomic E-state index is 0.0136. The number of nitrogens with zero attached hydrogens (tertiary/aromatic N) is 5. The average Bonchev–Trinajstić information content (AvgIpc) is 2.93. The molecule has 0 aliphatic carbocycles. The van der Waals surface area contributed by atoms with Gasteiger partial charge in [-0.15, -0.1) is 0 Å². The van der Waals surface area contributed by atoms with Crippen LogP contribution in [0.15, 0.2) is 66.2 Å². The summed E-state index contributed by atoms with van der Waals surface area (Å²) < 4.78 is 46.2. The topological polar surface area (TPSA) is 95.4 Å². The van der Waals surface area contributed by atoms with Crippen LogP contribution in [0.4, 0.5) is 36.2 Å². The predicted molar refractivity (Wildman–Crippen MR) is 143 cm³/mol. The molecule has 1 saturated heterocycles. The summed E-state index contributed by atoms with van der Waals surface area (Å²) in [6, 6.07) is 7.99. The Morgan fingerprint density at radius 1 is 1.03 bits per heavy atom. The lowest BCUT2D eigenvalue weighted by molar-refractivity contribution is -0.111. The molecule has 2 N–H and O–H groups in total. The molecule has 0 bridgehead atoms. The van der Waals surface area contributed by atoms with Gasteiger partial charge in [-0.1, -0.05) is 6.58 Å². The summed E-state index contributed by atoms with van der Waals surface area (Å²) in [7, 11) is 1.97. The fourth-order valence-electron chi connectivity index (χ4n) is 4.30. The Kier molecular flexibility index (Phi) is 7.03. The number of fused-ring (bicyclic) bond motifs is 1. The number of anilines is 4. The predicted octanol–water partition coefficient (Wildman–Crippen LogP) is 3.82. The molecule has 2 aromatic carbocycles. The minimum Gasteiger partial charge on any atom is -0.367 e. The van der Waals surface area contributed by atoms with Crippen molar-refractivity contribution in [3.63, 3.8) is 0 Å². The molecule has 0 spiro atoms. The van der Waals surface area contributed by atoms with Crippen molar-refractivity contribution in [2.45, 2.75) is 0 Å². The molecule has 5 rings (SSSR count). The summed E-state index contributed by atoms with van der Waals surface area (Å²) in [6.07, 6.45) is 3.62. The maximum atomic E-state index is 15.1. The van der Waals surface area contributed by atoms with E-state index in [2.05, 4.69) is 32.1 Å². The first-order valence-electron chi connectivity index (χ1n) is 12.1. The van der Waals surface area contributed by atoms with Gasteiger partial charge in [-0.2, -0.15) is 4.98 Å². The molecule has 1 aliphatic heterocycles. The van der Waals surface area contributed by atoms with Gasteiger partial charge in [0, 0.05) is 50.3 Å². The van der Waals surface area contributed by atoms with Gasteiger partial charge in [0.2, 0.25) is 11.9 Å². The van der Waals surface area contributed by atoms with Crippen LogP contribution >= 0.6 is 0 Å². The maximum Gasteiger partial charge on any atom is 0.247 e. The molecule has 2 aromatic heterocycles. The quantitative estimate of drug-likeness (QED) is 0.363. The van der Waals surface area contributed by atoms with E-state index in [9.17, 15) is 14.0 Å². The Morgan fingerprint density at radius 3 is 2.54 bits per heavy atom. The van der Waals surface area contributed by atoms with Crippen molar-refractivity contribution >= 4 is 40.0 Å². The first kappa shape index (κ1) is 25.9. The largest absolute Gasteiger partial charge is 0.367 e. The fraction of sp³-hybridized carbons (Fsp3) is 0.185. The Hall–Kier alpha value is -4.71. The number of likely N-dealkylation sites (N-methyl/N-ethyl adjacent to an activating group) is 1. The van der Waals surface area contributed by atoms with Gasteiger partial charge >= 0.3 is 0 Å². The molecule has 0 radical (unpaired) electrons. The van der Waals surface area contributed by atoms with Crippen molar-refractivity contribution in [2.75, 3.05) is 48.8 Å². The van der Waals surface area contributed by atoms with Crippen LogP contribution in [-0.4, -0.2) is 58.6 Å². The van der Waals surface area contributed by atoms with Crippen molar-refractivity contribution in [1.29, 1.82) is 0 Å². The third-order valence-corrected chi connectivity index (χ3v) is 6.45. The molecule has 1 aliphatic rings. The summed E-state index contributed by atoms with van der Waals surface area (Å²) in [6.45, 7) is 5.99. The number of pyridine rings is 1. The molecule has 0 saturated carbocycles. The van der Waals surface area contributed by atoms with Crippen LogP contribution in [0.25, 0.3) is 16.7 Å². The monoisotopic (exact) mass is 535 g/mol. The number of piperazine rings is 1. The second-order valence-electron chi connectivity index (χ2n) is 9.02. The Morgan fingerprint density at radius 2 is 1.79 bits per heavy atom. The Balaban J connectivity index is 1.51. The highest BCUT2D eigenvalue weighted by atomic mass is 19.2. The van der Waals surface area contributed by atoms with E-state index in [0.717, 1.165) is 25.2 Å². The van der Waals surface area contributed by atoms with Crippen LogP contribution < -0.4 is 21.0 Å². The molecule has 12 heteroatoms. The third kappa shape index (κ3) is 5.18.